The predicted octanol–water partition coefficient (Wildman–Crippen LogP) is 4.20. The van der Waals surface area contributed by atoms with E-state index in [1.807, 2.05) is 25.1 Å². The quantitative estimate of drug-likeness (QED) is 0.858. The summed E-state index contributed by atoms with van der Waals surface area (Å²) in [6.45, 7) is 4.14. The summed E-state index contributed by atoms with van der Waals surface area (Å²) in [6, 6.07) is 10.6. The zero-order chi connectivity index (χ0) is 17.3. The fourth-order valence-corrected chi connectivity index (χ4v) is 2.95. The number of carbonyl (C=O) groups excluding carboxylic acids is 2. The molecular weight excluding hydrogens is 326 g/mol. The summed E-state index contributed by atoms with van der Waals surface area (Å²) in [5.74, 6) is 0.0310. The van der Waals surface area contributed by atoms with E-state index >= 15 is 0 Å². The summed E-state index contributed by atoms with van der Waals surface area (Å²) in [4.78, 5) is 25.4. The van der Waals surface area contributed by atoms with Crippen LogP contribution in [0.2, 0.25) is 5.02 Å². The minimum absolute atomic E-state index is 0.0310. The van der Waals surface area contributed by atoms with Gasteiger partial charge in [0.25, 0.3) is 0 Å². The number of fused-ring (bicyclic) bond motifs is 1. The monoisotopic (exact) mass is 343 g/mol. The van der Waals surface area contributed by atoms with E-state index in [-0.39, 0.29) is 11.9 Å². The Morgan fingerprint density at radius 1 is 1.08 bits per heavy atom. The predicted molar refractivity (Wildman–Crippen MR) is 97.0 cm³/mol. The molecule has 0 aromatic heterocycles. The maximum atomic E-state index is 12.1. The van der Waals surface area contributed by atoms with Crippen molar-refractivity contribution in [3.8, 4) is 0 Å². The van der Waals surface area contributed by atoms with Gasteiger partial charge in [-0.05, 0) is 54.8 Å². The molecule has 3 amide bonds. The highest BCUT2D eigenvalue weighted by Gasteiger charge is 2.22. The third-order valence-electron chi connectivity index (χ3n) is 4.04. The molecule has 0 unspecified atom stereocenters. The number of aryl methyl sites for hydroxylation is 1. The molecule has 2 N–H and O–H groups in total. The standard InChI is InChI=1S/C18H18ClN3O2/c1-11-3-4-15(10-16(11)19)21-18(24)20-14-5-6-17-13(9-14)7-8-22(17)12(2)23/h3-6,9-10H,7-8H2,1-2H3,(H2,20,21,24). The minimum Gasteiger partial charge on any atom is -0.312 e. The molecule has 0 aliphatic carbocycles. The average Bonchev–Trinajstić information content (AvgIpc) is 2.94. The number of amides is 3. The molecule has 0 radical (unpaired) electrons. The van der Waals surface area contributed by atoms with Gasteiger partial charge in [0.05, 0.1) is 0 Å². The zero-order valence-corrected chi connectivity index (χ0v) is 14.3. The van der Waals surface area contributed by atoms with Crippen LogP contribution in [0.5, 0.6) is 0 Å². The van der Waals surface area contributed by atoms with Gasteiger partial charge in [0, 0.05) is 35.6 Å². The van der Waals surface area contributed by atoms with Crippen molar-refractivity contribution in [2.75, 3.05) is 22.1 Å². The number of nitrogens with zero attached hydrogens (tertiary/aromatic N) is 1. The van der Waals surface area contributed by atoms with E-state index in [2.05, 4.69) is 10.6 Å². The number of nitrogens with one attached hydrogen (secondary N) is 2. The molecule has 1 aliphatic rings. The van der Waals surface area contributed by atoms with Crippen molar-refractivity contribution in [2.45, 2.75) is 20.3 Å². The highest BCUT2D eigenvalue weighted by molar-refractivity contribution is 6.31. The average molecular weight is 344 g/mol. The second-order valence-electron chi connectivity index (χ2n) is 5.81. The molecule has 0 atom stereocenters. The maximum Gasteiger partial charge on any atom is 0.323 e. The number of urea groups is 1. The molecule has 24 heavy (non-hydrogen) atoms. The Morgan fingerprint density at radius 3 is 2.42 bits per heavy atom. The van der Waals surface area contributed by atoms with Gasteiger partial charge in [-0.25, -0.2) is 4.79 Å². The van der Waals surface area contributed by atoms with Gasteiger partial charge >= 0.3 is 6.03 Å². The molecule has 2 aromatic rings. The largest absolute Gasteiger partial charge is 0.323 e. The first kappa shape index (κ1) is 16.3. The first-order chi connectivity index (χ1) is 11.4. The van der Waals surface area contributed by atoms with Crippen LogP contribution in [0.3, 0.4) is 0 Å². The number of anilines is 3. The van der Waals surface area contributed by atoms with E-state index < -0.39 is 0 Å². The Bertz CT molecular complexity index is 820. The number of rotatable bonds is 2. The zero-order valence-electron chi connectivity index (χ0n) is 13.5. The van der Waals surface area contributed by atoms with Crippen LogP contribution >= 0.6 is 11.6 Å². The van der Waals surface area contributed by atoms with Crippen molar-refractivity contribution in [1.29, 1.82) is 0 Å². The van der Waals surface area contributed by atoms with E-state index in [1.165, 1.54) is 0 Å². The third kappa shape index (κ3) is 3.36. The topological polar surface area (TPSA) is 61.4 Å². The normalized spacial score (nSPS) is 12.7. The van der Waals surface area contributed by atoms with Gasteiger partial charge in [0.15, 0.2) is 0 Å². The van der Waals surface area contributed by atoms with Crippen LogP contribution in [0.25, 0.3) is 0 Å². The Hall–Kier alpha value is -2.53. The Balaban J connectivity index is 1.69. The smallest absolute Gasteiger partial charge is 0.312 e. The molecule has 0 fully saturated rings. The molecule has 0 bridgehead atoms. The van der Waals surface area contributed by atoms with Crippen molar-refractivity contribution < 1.29 is 9.59 Å². The van der Waals surface area contributed by atoms with Gasteiger partial charge in [-0.1, -0.05) is 17.7 Å². The first-order valence-corrected chi connectivity index (χ1v) is 8.07. The summed E-state index contributed by atoms with van der Waals surface area (Å²) in [5.41, 5.74) is 4.25. The molecule has 0 saturated carbocycles. The van der Waals surface area contributed by atoms with Crippen molar-refractivity contribution in [3.05, 3.63) is 52.5 Å². The van der Waals surface area contributed by atoms with Gasteiger partial charge in [-0.3, -0.25) is 4.79 Å². The number of benzene rings is 2. The lowest BCUT2D eigenvalue weighted by atomic mass is 10.1. The van der Waals surface area contributed by atoms with Gasteiger partial charge in [-0.2, -0.15) is 0 Å². The fraction of sp³-hybridized carbons (Fsp3) is 0.222. The summed E-state index contributed by atoms with van der Waals surface area (Å²) < 4.78 is 0. The summed E-state index contributed by atoms with van der Waals surface area (Å²) in [7, 11) is 0. The lowest BCUT2D eigenvalue weighted by molar-refractivity contribution is -0.116. The summed E-state index contributed by atoms with van der Waals surface area (Å²) >= 11 is 6.06. The van der Waals surface area contributed by atoms with E-state index in [0.29, 0.717) is 22.9 Å². The Kier molecular flexibility index (Phi) is 4.44. The lowest BCUT2D eigenvalue weighted by Gasteiger charge is -2.15. The molecule has 0 spiro atoms. The van der Waals surface area contributed by atoms with Crippen molar-refractivity contribution in [2.24, 2.45) is 0 Å². The lowest BCUT2D eigenvalue weighted by Crippen LogP contribution is -2.25. The maximum absolute atomic E-state index is 12.1. The molecule has 5 nitrogen and oxygen atoms in total. The summed E-state index contributed by atoms with van der Waals surface area (Å²) in [6.07, 6.45) is 0.791. The molecule has 1 aliphatic heterocycles. The second kappa shape index (κ2) is 6.53. The molecule has 6 heteroatoms. The van der Waals surface area contributed by atoms with Gasteiger partial charge < -0.3 is 15.5 Å². The van der Waals surface area contributed by atoms with Crippen LogP contribution in [0.15, 0.2) is 36.4 Å². The van der Waals surface area contributed by atoms with Gasteiger partial charge in [0.1, 0.15) is 0 Å². The van der Waals surface area contributed by atoms with E-state index in [4.69, 9.17) is 11.6 Å². The molecular formula is C18H18ClN3O2. The first-order valence-electron chi connectivity index (χ1n) is 7.69. The summed E-state index contributed by atoms with van der Waals surface area (Å²) in [5, 5.41) is 6.16. The van der Waals surface area contributed by atoms with E-state index in [9.17, 15) is 9.59 Å². The number of hydrogen-bond donors (Lipinski definition) is 2. The van der Waals surface area contributed by atoms with Gasteiger partial charge in [-0.15, -0.1) is 0 Å². The number of carbonyl (C=O) groups is 2. The molecule has 1 heterocycles. The highest BCUT2D eigenvalue weighted by Crippen LogP contribution is 2.30. The van der Waals surface area contributed by atoms with Crippen LogP contribution in [-0.2, 0) is 11.2 Å². The molecule has 0 saturated heterocycles. The fourth-order valence-electron chi connectivity index (χ4n) is 2.77. The highest BCUT2D eigenvalue weighted by atomic mass is 35.5. The van der Waals surface area contributed by atoms with Crippen molar-refractivity contribution >= 4 is 40.6 Å². The number of hydrogen-bond acceptors (Lipinski definition) is 2. The van der Waals surface area contributed by atoms with Crippen LogP contribution in [0, 0.1) is 6.92 Å². The van der Waals surface area contributed by atoms with Crippen molar-refractivity contribution in [1.82, 2.24) is 0 Å². The SMILES string of the molecule is CC(=O)N1CCc2cc(NC(=O)Nc3ccc(C)c(Cl)c3)ccc21. The Labute approximate surface area is 145 Å². The van der Waals surface area contributed by atoms with Crippen LogP contribution < -0.4 is 15.5 Å². The van der Waals surface area contributed by atoms with Crippen LogP contribution in [-0.4, -0.2) is 18.5 Å². The van der Waals surface area contributed by atoms with Crippen LogP contribution in [0.1, 0.15) is 18.1 Å². The van der Waals surface area contributed by atoms with Crippen LogP contribution in [0.4, 0.5) is 21.9 Å². The second-order valence-corrected chi connectivity index (χ2v) is 6.21. The molecule has 124 valence electrons. The minimum atomic E-state index is -0.337. The van der Waals surface area contributed by atoms with E-state index in [1.54, 1.807) is 30.0 Å². The van der Waals surface area contributed by atoms with Gasteiger partial charge in [0.2, 0.25) is 5.91 Å². The van der Waals surface area contributed by atoms with E-state index in [0.717, 1.165) is 23.2 Å². The van der Waals surface area contributed by atoms with Crippen molar-refractivity contribution in [3.63, 3.8) is 0 Å². The molecule has 3 rings (SSSR count). The third-order valence-corrected chi connectivity index (χ3v) is 4.45. The number of halogens is 1. The molecule has 2 aromatic carbocycles. The Morgan fingerprint density at radius 2 is 1.75 bits per heavy atom.